The zero-order chi connectivity index (χ0) is 12.4. The van der Waals surface area contributed by atoms with Crippen molar-refractivity contribution in [3.63, 3.8) is 0 Å². The third-order valence-electron chi connectivity index (χ3n) is 2.62. The van der Waals surface area contributed by atoms with Gasteiger partial charge in [-0.3, -0.25) is 0 Å². The van der Waals surface area contributed by atoms with Crippen LogP contribution in [-0.4, -0.2) is 30.2 Å². The Morgan fingerprint density at radius 1 is 1.41 bits per heavy atom. The van der Waals surface area contributed by atoms with Crippen LogP contribution in [-0.2, 0) is 4.79 Å². The predicted octanol–water partition coefficient (Wildman–Crippen LogP) is 2.33. The maximum atomic E-state index is 10.5. The van der Waals surface area contributed by atoms with Crippen LogP contribution in [0.15, 0.2) is 30.5 Å². The molecular formula is C13H14N2O2. The molecule has 0 spiro atoms. The van der Waals surface area contributed by atoms with Crippen LogP contribution in [0.5, 0.6) is 0 Å². The largest absolute Gasteiger partial charge is 0.478 e. The summed E-state index contributed by atoms with van der Waals surface area (Å²) in [7, 11) is 3.95. The molecule has 0 bridgehead atoms. The minimum atomic E-state index is -0.942. The lowest BCUT2D eigenvalue weighted by molar-refractivity contribution is -0.131. The van der Waals surface area contributed by atoms with Gasteiger partial charge in [0, 0.05) is 48.5 Å². The number of nitrogens with one attached hydrogen (secondary N) is 1. The van der Waals surface area contributed by atoms with E-state index in [0.29, 0.717) is 0 Å². The topological polar surface area (TPSA) is 56.3 Å². The van der Waals surface area contributed by atoms with Crippen LogP contribution in [0.3, 0.4) is 0 Å². The minimum absolute atomic E-state index is 0.881. The van der Waals surface area contributed by atoms with Gasteiger partial charge >= 0.3 is 5.97 Å². The number of hydrogen-bond donors (Lipinski definition) is 2. The molecule has 1 aromatic carbocycles. The molecule has 0 saturated heterocycles. The van der Waals surface area contributed by atoms with Crippen LogP contribution in [0.2, 0.25) is 0 Å². The van der Waals surface area contributed by atoms with Crippen LogP contribution < -0.4 is 4.90 Å². The monoisotopic (exact) mass is 230 g/mol. The van der Waals surface area contributed by atoms with Gasteiger partial charge in [0.1, 0.15) is 0 Å². The molecule has 2 rings (SSSR count). The number of H-pyrrole nitrogens is 1. The van der Waals surface area contributed by atoms with Gasteiger partial charge in [-0.25, -0.2) is 4.79 Å². The van der Waals surface area contributed by atoms with Gasteiger partial charge in [-0.1, -0.05) is 0 Å². The van der Waals surface area contributed by atoms with Gasteiger partial charge in [0.05, 0.1) is 0 Å². The van der Waals surface area contributed by atoms with E-state index in [0.717, 1.165) is 28.2 Å². The quantitative estimate of drug-likeness (QED) is 0.796. The number of aromatic amines is 1. The maximum absolute atomic E-state index is 10.5. The van der Waals surface area contributed by atoms with Crippen molar-refractivity contribution < 1.29 is 9.90 Å². The van der Waals surface area contributed by atoms with Gasteiger partial charge in [-0.2, -0.15) is 0 Å². The van der Waals surface area contributed by atoms with Crippen molar-refractivity contribution in [3.05, 3.63) is 36.0 Å². The highest BCUT2D eigenvalue weighted by atomic mass is 16.4. The number of carboxylic acids is 1. The van der Waals surface area contributed by atoms with Crippen molar-refractivity contribution in [2.24, 2.45) is 0 Å². The fourth-order valence-electron chi connectivity index (χ4n) is 1.71. The molecule has 4 heteroatoms. The summed E-state index contributed by atoms with van der Waals surface area (Å²) < 4.78 is 0. The molecule has 1 heterocycles. The van der Waals surface area contributed by atoms with Crippen molar-refractivity contribution in [2.45, 2.75) is 0 Å². The predicted molar refractivity (Wildman–Crippen MR) is 69.3 cm³/mol. The molecule has 0 aliphatic carbocycles. The summed E-state index contributed by atoms with van der Waals surface area (Å²) in [5, 5.41) is 9.64. The first-order chi connectivity index (χ1) is 8.08. The molecular weight excluding hydrogens is 216 g/mol. The molecule has 0 fully saturated rings. The summed E-state index contributed by atoms with van der Waals surface area (Å²) in [6.45, 7) is 0. The van der Waals surface area contributed by atoms with E-state index in [1.165, 1.54) is 0 Å². The van der Waals surface area contributed by atoms with Crippen LogP contribution >= 0.6 is 0 Å². The molecule has 2 aromatic rings. The average molecular weight is 230 g/mol. The Morgan fingerprint density at radius 2 is 2.18 bits per heavy atom. The van der Waals surface area contributed by atoms with E-state index in [1.54, 1.807) is 6.08 Å². The minimum Gasteiger partial charge on any atom is -0.478 e. The highest BCUT2D eigenvalue weighted by molar-refractivity contribution is 5.94. The number of aromatic nitrogens is 1. The summed E-state index contributed by atoms with van der Waals surface area (Å²) in [4.78, 5) is 15.6. The molecule has 0 amide bonds. The second-order valence-corrected chi connectivity index (χ2v) is 4.04. The maximum Gasteiger partial charge on any atom is 0.328 e. The molecule has 0 atom stereocenters. The summed E-state index contributed by atoms with van der Waals surface area (Å²) in [5.74, 6) is -0.942. The van der Waals surface area contributed by atoms with E-state index in [1.807, 2.05) is 43.4 Å². The number of rotatable bonds is 3. The smallest absolute Gasteiger partial charge is 0.328 e. The Balaban J connectivity index is 2.50. The normalized spacial score (nSPS) is 11.2. The van der Waals surface area contributed by atoms with Crippen LogP contribution in [0.1, 0.15) is 5.56 Å². The molecule has 1 aromatic heterocycles. The lowest BCUT2D eigenvalue weighted by Gasteiger charge is -2.12. The van der Waals surface area contributed by atoms with E-state index in [-0.39, 0.29) is 0 Å². The Bertz CT molecular complexity index is 582. The van der Waals surface area contributed by atoms with Gasteiger partial charge in [0.25, 0.3) is 0 Å². The van der Waals surface area contributed by atoms with Gasteiger partial charge in [-0.15, -0.1) is 0 Å². The van der Waals surface area contributed by atoms with Gasteiger partial charge in [-0.05, 0) is 24.3 Å². The first kappa shape index (κ1) is 11.3. The first-order valence-corrected chi connectivity index (χ1v) is 5.27. The van der Waals surface area contributed by atoms with Crippen LogP contribution in [0.25, 0.3) is 17.0 Å². The fourth-order valence-corrected chi connectivity index (χ4v) is 1.71. The molecule has 0 radical (unpaired) electrons. The molecule has 4 nitrogen and oxygen atoms in total. The molecule has 88 valence electrons. The highest BCUT2D eigenvalue weighted by Gasteiger charge is 2.03. The number of carboxylic acid groups (broad SMARTS) is 1. The van der Waals surface area contributed by atoms with Crippen molar-refractivity contribution in [1.29, 1.82) is 0 Å². The molecule has 2 N–H and O–H groups in total. The van der Waals surface area contributed by atoms with Crippen LogP contribution in [0.4, 0.5) is 5.69 Å². The van der Waals surface area contributed by atoms with E-state index in [4.69, 9.17) is 5.11 Å². The summed E-state index contributed by atoms with van der Waals surface area (Å²) >= 11 is 0. The average Bonchev–Trinajstić information content (AvgIpc) is 2.68. The lowest BCUT2D eigenvalue weighted by atomic mass is 10.1. The number of carbonyl (C=O) groups is 1. The zero-order valence-electron chi connectivity index (χ0n) is 9.77. The number of anilines is 1. The van der Waals surface area contributed by atoms with Crippen molar-refractivity contribution in [2.75, 3.05) is 19.0 Å². The Morgan fingerprint density at radius 3 is 2.82 bits per heavy atom. The van der Waals surface area contributed by atoms with E-state index >= 15 is 0 Å². The van der Waals surface area contributed by atoms with Gasteiger partial charge < -0.3 is 15.0 Å². The van der Waals surface area contributed by atoms with Crippen LogP contribution in [0, 0.1) is 0 Å². The third kappa shape index (κ3) is 2.30. The van der Waals surface area contributed by atoms with E-state index in [2.05, 4.69) is 4.98 Å². The number of nitrogens with zero attached hydrogens (tertiary/aromatic N) is 1. The van der Waals surface area contributed by atoms with Crippen molar-refractivity contribution >= 4 is 28.6 Å². The second-order valence-electron chi connectivity index (χ2n) is 4.04. The number of aliphatic carboxylic acids is 1. The van der Waals surface area contributed by atoms with E-state index < -0.39 is 5.97 Å². The standard InChI is InChI=1S/C13H14N2O2/c1-15(2)10-4-5-12-11(7-10)9(8-14-12)3-6-13(16)17/h3-8,14H,1-2H3,(H,16,17)/b6-3-. The number of fused-ring (bicyclic) bond motifs is 1. The second kappa shape index (κ2) is 4.33. The van der Waals surface area contributed by atoms with Crippen molar-refractivity contribution in [1.82, 2.24) is 4.98 Å². The zero-order valence-corrected chi connectivity index (χ0v) is 9.77. The SMILES string of the molecule is CN(C)c1ccc2[nH]cc(/C=C\C(=O)O)c2c1. The van der Waals surface area contributed by atoms with Gasteiger partial charge in [0.15, 0.2) is 0 Å². The van der Waals surface area contributed by atoms with E-state index in [9.17, 15) is 4.79 Å². The lowest BCUT2D eigenvalue weighted by Crippen LogP contribution is -2.07. The molecule has 17 heavy (non-hydrogen) atoms. The van der Waals surface area contributed by atoms with Crippen molar-refractivity contribution in [3.8, 4) is 0 Å². The number of hydrogen-bond acceptors (Lipinski definition) is 2. The molecule has 0 aliphatic heterocycles. The third-order valence-corrected chi connectivity index (χ3v) is 2.62. The summed E-state index contributed by atoms with van der Waals surface area (Å²) in [5.41, 5.74) is 2.97. The summed E-state index contributed by atoms with van der Waals surface area (Å²) in [6.07, 6.45) is 4.55. The first-order valence-electron chi connectivity index (χ1n) is 5.27. The highest BCUT2D eigenvalue weighted by Crippen LogP contribution is 2.24. The Labute approximate surface area is 99.2 Å². The summed E-state index contributed by atoms with van der Waals surface area (Å²) in [6, 6.07) is 6.04. The molecule has 0 unspecified atom stereocenters. The molecule has 0 saturated carbocycles. The number of benzene rings is 1. The Hall–Kier alpha value is -2.23. The van der Waals surface area contributed by atoms with Gasteiger partial charge in [0.2, 0.25) is 0 Å². The molecule has 0 aliphatic rings. The Kier molecular flexibility index (Phi) is 2.87. The fraction of sp³-hybridized carbons (Fsp3) is 0.154.